The van der Waals surface area contributed by atoms with Gasteiger partial charge in [-0.2, -0.15) is 0 Å². The predicted molar refractivity (Wildman–Crippen MR) is 103 cm³/mol. The molecule has 3 aromatic rings. The normalized spacial score (nSPS) is 11.9. The summed E-state index contributed by atoms with van der Waals surface area (Å²) in [6.07, 6.45) is 1.43. The molecule has 7 heteroatoms. The van der Waals surface area contributed by atoms with Crippen LogP contribution < -0.4 is 5.32 Å². The first-order chi connectivity index (χ1) is 12.9. The Morgan fingerprint density at radius 1 is 1.22 bits per heavy atom. The van der Waals surface area contributed by atoms with E-state index in [2.05, 4.69) is 5.32 Å². The van der Waals surface area contributed by atoms with Gasteiger partial charge in [0.05, 0.1) is 22.2 Å². The van der Waals surface area contributed by atoms with Gasteiger partial charge >= 0.3 is 0 Å². The van der Waals surface area contributed by atoms with Crippen molar-refractivity contribution in [1.29, 1.82) is 0 Å². The number of nitrogens with zero attached hydrogens (tertiary/aromatic N) is 1. The lowest BCUT2D eigenvalue weighted by atomic mass is 10.1. The molecule has 0 spiro atoms. The largest absolute Gasteiger partial charge is 0.459 e. The lowest BCUT2D eigenvalue weighted by Gasteiger charge is -2.25. The highest BCUT2D eigenvalue weighted by atomic mass is 32.1. The van der Waals surface area contributed by atoms with Crippen LogP contribution in [0.25, 0.3) is 0 Å². The van der Waals surface area contributed by atoms with Crippen molar-refractivity contribution in [3.63, 3.8) is 0 Å². The van der Waals surface area contributed by atoms with Crippen molar-refractivity contribution in [1.82, 2.24) is 4.90 Å². The Bertz CT molecular complexity index is 948. The Labute approximate surface area is 160 Å². The number of halogens is 1. The third-order valence-corrected chi connectivity index (χ3v) is 5.49. The molecule has 0 bridgehead atoms. The van der Waals surface area contributed by atoms with Gasteiger partial charge in [0.25, 0.3) is 11.8 Å². The van der Waals surface area contributed by atoms with Gasteiger partial charge in [0.15, 0.2) is 5.76 Å². The molecule has 0 aliphatic heterocycles. The summed E-state index contributed by atoms with van der Waals surface area (Å²) in [4.78, 5) is 27.1. The number of furan rings is 1. The number of thiophene rings is 1. The summed E-state index contributed by atoms with van der Waals surface area (Å²) in [5.74, 6) is -0.636. The summed E-state index contributed by atoms with van der Waals surface area (Å²) in [5, 5.41) is 3.31. The Morgan fingerprint density at radius 3 is 2.56 bits per heavy atom. The SMILES string of the molecule is Cc1cc(NC(=O)c2ccco2)sc1C(=O)N(C)C(C)c1ccc(F)cc1. The average molecular weight is 386 g/mol. The molecule has 1 N–H and O–H groups in total. The minimum Gasteiger partial charge on any atom is -0.459 e. The first kappa shape index (κ1) is 18.8. The molecule has 5 nitrogen and oxygen atoms in total. The van der Waals surface area contributed by atoms with E-state index in [1.54, 1.807) is 42.3 Å². The van der Waals surface area contributed by atoms with E-state index in [-0.39, 0.29) is 29.4 Å². The summed E-state index contributed by atoms with van der Waals surface area (Å²) in [6.45, 7) is 3.70. The fourth-order valence-electron chi connectivity index (χ4n) is 2.64. The van der Waals surface area contributed by atoms with Crippen LogP contribution in [0.2, 0.25) is 0 Å². The third-order valence-electron chi connectivity index (χ3n) is 4.35. The molecule has 0 radical (unpaired) electrons. The topological polar surface area (TPSA) is 62.6 Å². The van der Waals surface area contributed by atoms with Crippen molar-refractivity contribution >= 4 is 28.2 Å². The highest BCUT2D eigenvalue weighted by Gasteiger charge is 2.23. The average Bonchev–Trinajstić information content (AvgIpc) is 3.30. The molecule has 2 aromatic heterocycles. The quantitative estimate of drug-likeness (QED) is 0.680. The molecule has 27 heavy (non-hydrogen) atoms. The van der Waals surface area contributed by atoms with E-state index in [9.17, 15) is 14.0 Å². The third kappa shape index (κ3) is 4.09. The second-order valence-electron chi connectivity index (χ2n) is 6.20. The van der Waals surface area contributed by atoms with Crippen LogP contribution in [0.1, 0.15) is 44.3 Å². The highest BCUT2D eigenvalue weighted by Crippen LogP contribution is 2.30. The van der Waals surface area contributed by atoms with E-state index in [0.717, 1.165) is 11.1 Å². The smallest absolute Gasteiger partial charge is 0.291 e. The van der Waals surface area contributed by atoms with E-state index in [1.165, 1.54) is 29.7 Å². The Balaban J connectivity index is 1.75. The number of amides is 2. The van der Waals surface area contributed by atoms with Crippen LogP contribution in [-0.4, -0.2) is 23.8 Å². The van der Waals surface area contributed by atoms with Gasteiger partial charge < -0.3 is 14.6 Å². The van der Waals surface area contributed by atoms with Gasteiger partial charge in [0.2, 0.25) is 0 Å². The van der Waals surface area contributed by atoms with E-state index in [0.29, 0.717) is 9.88 Å². The number of nitrogens with one attached hydrogen (secondary N) is 1. The van der Waals surface area contributed by atoms with Crippen molar-refractivity contribution in [3.05, 3.63) is 76.3 Å². The number of rotatable bonds is 5. The Hall–Kier alpha value is -2.93. The van der Waals surface area contributed by atoms with Crippen LogP contribution in [0.4, 0.5) is 9.39 Å². The molecule has 0 aliphatic carbocycles. The number of hydrogen-bond acceptors (Lipinski definition) is 4. The fourth-order valence-corrected chi connectivity index (χ4v) is 3.69. The zero-order valence-electron chi connectivity index (χ0n) is 15.2. The van der Waals surface area contributed by atoms with Crippen LogP contribution >= 0.6 is 11.3 Å². The number of carbonyl (C=O) groups excluding carboxylic acids is 2. The maximum absolute atomic E-state index is 13.1. The maximum atomic E-state index is 13.1. The zero-order chi connectivity index (χ0) is 19.6. The molecule has 3 rings (SSSR count). The van der Waals surface area contributed by atoms with Gasteiger partial charge in [-0.1, -0.05) is 12.1 Å². The number of benzene rings is 1. The number of carbonyl (C=O) groups is 2. The van der Waals surface area contributed by atoms with Crippen LogP contribution in [-0.2, 0) is 0 Å². The second-order valence-corrected chi connectivity index (χ2v) is 7.25. The minimum atomic E-state index is -0.367. The standard InChI is InChI=1S/C20H19FN2O3S/c1-12-11-17(22-19(24)16-5-4-10-26-16)27-18(12)20(25)23(3)13(2)14-6-8-15(21)9-7-14/h4-11,13H,1-3H3,(H,22,24). The van der Waals surface area contributed by atoms with Gasteiger partial charge in [-0.25, -0.2) is 4.39 Å². The van der Waals surface area contributed by atoms with Crippen LogP contribution in [0.5, 0.6) is 0 Å². The fraction of sp³-hybridized carbons (Fsp3) is 0.200. The van der Waals surface area contributed by atoms with E-state index >= 15 is 0 Å². The first-order valence-electron chi connectivity index (χ1n) is 8.34. The highest BCUT2D eigenvalue weighted by molar-refractivity contribution is 7.18. The van der Waals surface area contributed by atoms with Crippen molar-refractivity contribution in [2.75, 3.05) is 12.4 Å². The summed E-state index contributed by atoms with van der Waals surface area (Å²) >= 11 is 1.21. The van der Waals surface area contributed by atoms with Crippen LogP contribution in [0.15, 0.2) is 53.1 Å². The van der Waals surface area contributed by atoms with Gasteiger partial charge in [0.1, 0.15) is 5.82 Å². The van der Waals surface area contributed by atoms with Crippen LogP contribution in [0.3, 0.4) is 0 Å². The van der Waals surface area contributed by atoms with Gasteiger partial charge in [-0.3, -0.25) is 9.59 Å². The van der Waals surface area contributed by atoms with Crippen molar-refractivity contribution < 1.29 is 18.4 Å². The van der Waals surface area contributed by atoms with Crippen molar-refractivity contribution in [2.24, 2.45) is 0 Å². The second kappa shape index (κ2) is 7.75. The van der Waals surface area contributed by atoms with Crippen molar-refractivity contribution in [3.8, 4) is 0 Å². The molecule has 2 heterocycles. The van der Waals surface area contributed by atoms with Crippen LogP contribution in [0, 0.1) is 12.7 Å². The van der Waals surface area contributed by atoms with Gasteiger partial charge in [-0.15, -0.1) is 11.3 Å². The summed E-state index contributed by atoms with van der Waals surface area (Å²) in [7, 11) is 1.70. The van der Waals surface area contributed by atoms with E-state index in [4.69, 9.17) is 4.42 Å². The summed E-state index contributed by atoms with van der Waals surface area (Å²) in [5.41, 5.74) is 1.62. The number of aryl methyl sites for hydroxylation is 1. The first-order valence-corrected chi connectivity index (χ1v) is 9.16. The molecule has 0 saturated carbocycles. The van der Waals surface area contributed by atoms with Gasteiger partial charge in [-0.05, 0) is 55.3 Å². The zero-order valence-corrected chi connectivity index (χ0v) is 16.0. The molecule has 1 atom stereocenters. The Kier molecular flexibility index (Phi) is 5.41. The lowest BCUT2D eigenvalue weighted by Crippen LogP contribution is -2.29. The molecule has 2 amide bonds. The molecule has 0 saturated heterocycles. The number of hydrogen-bond donors (Lipinski definition) is 1. The van der Waals surface area contributed by atoms with E-state index < -0.39 is 0 Å². The molecule has 0 aliphatic rings. The minimum absolute atomic E-state index is 0.159. The molecule has 0 fully saturated rings. The predicted octanol–water partition coefficient (Wildman–Crippen LogP) is 4.87. The number of anilines is 1. The maximum Gasteiger partial charge on any atom is 0.291 e. The molecular weight excluding hydrogens is 367 g/mol. The molecule has 140 valence electrons. The molecule has 1 unspecified atom stereocenters. The summed E-state index contributed by atoms with van der Waals surface area (Å²) in [6, 6.07) is 10.8. The van der Waals surface area contributed by atoms with E-state index in [1.807, 2.05) is 13.8 Å². The Morgan fingerprint density at radius 2 is 1.93 bits per heavy atom. The lowest BCUT2D eigenvalue weighted by molar-refractivity contribution is 0.0746. The molecular formula is C20H19FN2O3S. The summed E-state index contributed by atoms with van der Waals surface area (Å²) < 4.78 is 18.2. The monoisotopic (exact) mass is 386 g/mol. The van der Waals surface area contributed by atoms with Gasteiger partial charge in [0, 0.05) is 7.05 Å². The van der Waals surface area contributed by atoms with Crippen molar-refractivity contribution in [2.45, 2.75) is 19.9 Å². The molecule has 1 aromatic carbocycles.